The van der Waals surface area contributed by atoms with Crippen molar-refractivity contribution in [2.24, 2.45) is 5.92 Å². The van der Waals surface area contributed by atoms with Gasteiger partial charge in [0.05, 0.1) is 22.8 Å². The minimum absolute atomic E-state index is 0.0435. The fourth-order valence-corrected chi connectivity index (χ4v) is 5.56. The van der Waals surface area contributed by atoms with Crippen LogP contribution in [0.15, 0.2) is 42.5 Å². The average molecular weight is 429 g/mol. The first kappa shape index (κ1) is 20.6. The second-order valence-electron chi connectivity index (χ2n) is 9.18. The molecule has 0 spiro atoms. The van der Waals surface area contributed by atoms with Gasteiger partial charge in [-0.25, -0.2) is 9.78 Å². The molecule has 1 N–H and O–H groups in total. The number of hydrogen-bond acceptors (Lipinski definition) is 3. The van der Waals surface area contributed by atoms with E-state index in [0.29, 0.717) is 0 Å². The van der Waals surface area contributed by atoms with Crippen molar-refractivity contribution in [3.63, 3.8) is 0 Å². The number of nitriles is 1. The molecule has 32 heavy (non-hydrogen) atoms. The van der Waals surface area contributed by atoms with Gasteiger partial charge in [0.2, 0.25) is 0 Å². The second-order valence-corrected chi connectivity index (χ2v) is 9.18. The Labute approximate surface area is 188 Å². The number of fused-ring (bicyclic) bond motifs is 3. The summed E-state index contributed by atoms with van der Waals surface area (Å²) in [6, 6.07) is 17.0. The van der Waals surface area contributed by atoms with Crippen molar-refractivity contribution in [1.82, 2.24) is 9.55 Å². The standard InChI is InChI=1S/C26H28N4O2/c1-17-10-11-21-22(29(17)26(31)32)12-13-23-25(21)28-24(15-18-6-3-2-4-7-18)30(23)20-9-5-8-19(14-20)16-27/h2-4,6-7,12-13,17,19-20H,5,8-11,14-15H2,1H3,(H,31,32). The van der Waals surface area contributed by atoms with Crippen molar-refractivity contribution >= 4 is 22.8 Å². The van der Waals surface area contributed by atoms with Crippen molar-refractivity contribution in [3.05, 3.63) is 59.4 Å². The number of carboxylic acid groups (broad SMARTS) is 1. The molecule has 6 heteroatoms. The molecule has 1 amide bonds. The maximum Gasteiger partial charge on any atom is 0.412 e. The Bertz CT molecular complexity index is 1190. The molecule has 2 heterocycles. The number of imidazole rings is 1. The van der Waals surface area contributed by atoms with Crippen molar-refractivity contribution in [1.29, 1.82) is 5.26 Å². The number of hydrogen-bond donors (Lipinski definition) is 1. The molecule has 1 aliphatic carbocycles. The fourth-order valence-electron chi connectivity index (χ4n) is 5.56. The zero-order valence-electron chi connectivity index (χ0n) is 18.4. The molecule has 164 valence electrons. The molecule has 0 saturated heterocycles. The van der Waals surface area contributed by atoms with E-state index in [0.717, 1.165) is 73.1 Å². The van der Waals surface area contributed by atoms with Crippen molar-refractivity contribution in [3.8, 4) is 6.07 Å². The van der Waals surface area contributed by atoms with Crippen molar-refractivity contribution in [2.45, 2.75) is 64.0 Å². The lowest BCUT2D eigenvalue weighted by Gasteiger charge is -2.33. The maximum atomic E-state index is 12.0. The summed E-state index contributed by atoms with van der Waals surface area (Å²) in [5, 5.41) is 19.4. The van der Waals surface area contributed by atoms with Crippen molar-refractivity contribution < 1.29 is 9.90 Å². The van der Waals surface area contributed by atoms with Gasteiger partial charge in [0.1, 0.15) is 5.82 Å². The number of nitrogens with zero attached hydrogens (tertiary/aromatic N) is 4. The Balaban J connectivity index is 1.67. The van der Waals surface area contributed by atoms with E-state index in [1.807, 2.05) is 37.3 Å². The van der Waals surface area contributed by atoms with E-state index in [9.17, 15) is 15.2 Å². The van der Waals surface area contributed by atoms with E-state index < -0.39 is 6.09 Å². The first-order valence-electron chi connectivity index (χ1n) is 11.5. The molecular weight excluding hydrogens is 400 g/mol. The maximum absolute atomic E-state index is 12.0. The predicted molar refractivity (Wildman–Crippen MR) is 124 cm³/mol. The van der Waals surface area contributed by atoms with Crippen LogP contribution in [0.2, 0.25) is 0 Å². The summed E-state index contributed by atoms with van der Waals surface area (Å²) in [6.07, 6.45) is 5.32. The largest absolute Gasteiger partial charge is 0.465 e. The summed E-state index contributed by atoms with van der Waals surface area (Å²) in [7, 11) is 0. The Morgan fingerprint density at radius 1 is 1.19 bits per heavy atom. The number of aryl methyl sites for hydroxylation is 1. The molecule has 1 aliphatic heterocycles. The highest BCUT2D eigenvalue weighted by atomic mass is 16.4. The van der Waals surface area contributed by atoms with Gasteiger partial charge in [-0.3, -0.25) is 4.90 Å². The smallest absolute Gasteiger partial charge is 0.412 e. The van der Waals surface area contributed by atoms with Crippen LogP contribution in [-0.4, -0.2) is 26.8 Å². The number of benzene rings is 2. The fraction of sp³-hybridized carbons (Fsp3) is 0.423. The zero-order chi connectivity index (χ0) is 22.2. The average Bonchev–Trinajstić information content (AvgIpc) is 3.17. The molecular formula is C26H28N4O2. The minimum atomic E-state index is -0.911. The highest BCUT2D eigenvalue weighted by Crippen LogP contribution is 2.40. The number of anilines is 1. The molecule has 2 aliphatic rings. The van der Waals surface area contributed by atoms with E-state index >= 15 is 0 Å². The number of carbonyl (C=O) groups is 1. The quantitative estimate of drug-likeness (QED) is 0.580. The Hall–Kier alpha value is -3.33. The Kier molecular flexibility index (Phi) is 5.34. The third kappa shape index (κ3) is 3.52. The lowest BCUT2D eigenvalue weighted by molar-refractivity contribution is 0.198. The molecule has 0 radical (unpaired) electrons. The monoisotopic (exact) mass is 428 g/mol. The number of rotatable bonds is 3. The van der Waals surface area contributed by atoms with Crippen LogP contribution >= 0.6 is 0 Å². The van der Waals surface area contributed by atoms with Gasteiger partial charge in [-0.2, -0.15) is 5.26 Å². The van der Waals surface area contributed by atoms with E-state index in [2.05, 4.69) is 22.8 Å². The second kappa shape index (κ2) is 8.31. The van der Waals surface area contributed by atoms with Crippen LogP contribution in [0, 0.1) is 17.2 Å². The van der Waals surface area contributed by atoms with Gasteiger partial charge in [-0.05, 0) is 56.7 Å². The van der Waals surface area contributed by atoms with E-state index in [1.165, 1.54) is 10.5 Å². The highest BCUT2D eigenvalue weighted by Gasteiger charge is 2.32. The van der Waals surface area contributed by atoms with Crippen LogP contribution in [0.3, 0.4) is 0 Å². The van der Waals surface area contributed by atoms with E-state index in [1.54, 1.807) is 0 Å². The van der Waals surface area contributed by atoms with Gasteiger partial charge in [-0.15, -0.1) is 0 Å². The van der Waals surface area contributed by atoms with Crippen LogP contribution in [0.5, 0.6) is 0 Å². The third-order valence-electron chi connectivity index (χ3n) is 7.13. The molecule has 2 aromatic carbocycles. The first-order chi connectivity index (χ1) is 15.6. The normalized spacial score (nSPS) is 23.0. The van der Waals surface area contributed by atoms with Gasteiger partial charge in [0, 0.05) is 30.0 Å². The van der Waals surface area contributed by atoms with Gasteiger partial charge < -0.3 is 9.67 Å². The van der Waals surface area contributed by atoms with E-state index in [4.69, 9.17) is 4.98 Å². The van der Waals surface area contributed by atoms with Gasteiger partial charge >= 0.3 is 6.09 Å². The molecule has 0 bridgehead atoms. The summed E-state index contributed by atoms with van der Waals surface area (Å²) in [5.41, 5.74) is 4.98. The number of aromatic nitrogens is 2. The third-order valence-corrected chi connectivity index (χ3v) is 7.13. The molecule has 3 atom stereocenters. The topological polar surface area (TPSA) is 82.2 Å². The molecule has 1 saturated carbocycles. The Morgan fingerprint density at radius 2 is 2.00 bits per heavy atom. The minimum Gasteiger partial charge on any atom is -0.465 e. The summed E-state index contributed by atoms with van der Waals surface area (Å²) >= 11 is 0. The molecule has 6 nitrogen and oxygen atoms in total. The first-order valence-corrected chi connectivity index (χ1v) is 11.5. The van der Waals surface area contributed by atoms with Crippen LogP contribution < -0.4 is 4.90 Å². The summed E-state index contributed by atoms with van der Waals surface area (Å²) in [4.78, 5) is 18.6. The highest BCUT2D eigenvalue weighted by molar-refractivity contribution is 5.94. The summed E-state index contributed by atoms with van der Waals surface area (Å²) in [5.74, 6) is 1.08. The molecule has 1 aromatic heterocycles. The van der Waals surface area contributed by atoms with Crippen LogP contribution in [0.1, 0.15) is 62.0 Å². The molecule has 3 unspecified atom stereocenters. The lowest BCUT2D eigenvalue weighted by atomic mass is 9.86. The van der Waals surface area contributed by atoms with Crippen LogP contribution in [0.4, 0.5) is 10.5 Å². The zero-order valence-corrected chi connectivity index (χ0v) is 18.4. The molecule has 5 rings (SSSR count). The van der Waals surface area contributed by atoms with E-state index in [-0.39, 0.29) is 18.0 Å². The summed E-state index contributed by atoms with van der Waals surface area (Å²) < 4.78 is 2.36. The van der Waals surface area contributed by atoms with Gasteiger partial charge in [0.25, 0.3) is 0 Å². The lowest BCUT2D eigenvalue weighted by Crippen LogP contribution is -2.41. The number of amides is 1. The van der Waals surface area contributed by atoms with Gasteiger partial charge in [0.15, 0.2) is 0 Å². The Morgan fingerprint density at radius 3 is 2.75 bits per heavy atom. The molecule has 3 aromatic rings. The van der Waals surface area contributed by atoms with Gasteiger partial charge in [-0.1, -0.05) is 36.8 Å². The predicted octanol–water partition coefficient (Wildman–Crippen LogP) is 5.70. The van der Waals surface area contributed by atoms with Crippen molar-refractivity contribution in [2.75, 3.05) is 4.90 Å². The van der Waals surface area contributed by atoms with Crippen LogP contribution in [-0.2, 0) is 12.8 Å². The SMILES string of the molecule is CC1CCc2c(ccc3c2nc(Cc2ccccc2)n3C2CCCC(C#N)C2)N1C(=O)O. The molecule has 1 fully saturated rings. The summed E-state index contributed by atoms with van der Waals surface area (Å²) in [6.45, 7) is 1.96. The van der Waals surface area contributed by atoms with Crippen LogP contribution in [0.25, 0.3) is 11.0 Å².